The third kappa shape index (κ3) is 1.58. The molecule has 0 saturated carbocycles. The van der Waals surface area contributed by atoms with Gasteiger partial charge in [0.25, 0.3) is 5.78 Å². The molecule has 0 aliphatic heterocycles. The molecule has 80 valence electrons. The minimum Gasteiger partial charge on any atom is -0.476 e. The lowest BCUT2D eigenvalue weighted by Gasteiger charge is -2.13. The van der Waals surface area contributed by atoms with Gasteiger partial charge in [-0.2, -0.15) is 4.98 Å². The Morgan fingerprint density at radius 2 is 2.13 bits per heavy atom. The van der Waals surface area contributed by atoms with E-state index >= 15 is 0 Å². The maximum absolute atomic E-state index is 10.6. The molecule has 0 amide bonds. The fraction of sp³-hybridized carbons (Fsp3) is 0.444. The highest BCUT2D eigenvalue weighted by molar-refractivity contribution is 5.85. The molecule has 0 aliphatic rings. The van der Waals surface area contributed by atoms with Crippen LogP contribution in [0.1, 0.15) is 37.1 Å². The Labute approximate surface area is 85.9 Å². The summed E-state index contributed by atoms with van der Waals surface area (Å²) in [6.45, 7) is 6.05. The molecule has 0 aliphatic carbocycles. The van der Waals surface area contributed by atoms with E-state index in [-0.39, 0.29) is 11.1 Å². The molecule has 0 atom stereocenters. The highest BCUT2D eigenvalue weighted by Crippen LogP contribution is 2.18. The molecule has 2 aromatic rings. The summed E-state index contributed by atoms with van der Waals surface area (Å²) in [6.07, 6.45) is 1.42. The Hall–Kier alpha value is -1.85. The van der Waals surface area contributed by atoms with Crippen LogP contribution in [0, 0.1) is 0 Å². The first kappa shape index (κ1) is 9.70. The largest absolute Gasteiger partial charge is 0.476 e. The van der Waals surface area contributed by atoms with Crippen molar-refractivity contribution in [2.24, 2.45) is 0 Å². The van der Waals surface area contributed by atoms with E-state index in [1.165, 1.54) is 10.7 Å². The second-order valence-corrected chi connectivity index (χ2v) is 4.42. The van der Waals surface area contributed by atoms with Crippen LogP contribution in [0.15, 0.2) is 6.20 Å². The number of aromatic nitrogens is 4. The highest BCUT2D eigenvalue weighted by Gasteiger charge is 2.20. The third-order valence-corrected chi connectivity index (χ3v) is 2.05. The minimum absolute atomic E-state index is 0.00536. The molecule has 2 heterocycles. The van der Waals surface area contributed by atoms with E-state index in [4.69, 9.17) is 5.11 Å². The van der Waals surface area contributed by atoms with Gasteiger partial charge in [-0.25, -0.2) is 14.3 Å². The number of carboxylic acids is 1. The summed E-state index contributed by atoms with van der Waals surface area (Å²) in [7, 11) is 0. The van der Waals surface area contributed by atoms with E-state index in [2.05, 4.69) is 15.1 Å². The topological polar surface area (TPSA) is 83.3 Å². The number of rotatable bonds is 1. The predicted octanol–water partition coefficient (Wildman–Crippen LogP) is 1.05. The molecule has 2 rings (SSSR count). The first-order valence-corrected chi connectivity index (χ1v) is 4.57. The lowest BCUT2D eigenvalue weighted by molar-refractivity contribution is 0.0691. The van der Waals surface area contributed by atoms with Crippen LogP contribution in [-0.2, 0) is 5.41 Å². The minimum atomic E-state index is -1.05. The summed E-state index contributed by atoms with van der Waals surface area (Å²) in [5, 5.41) is 11.7. The number of carbonyl (C=O) groups is 1. The normalized spacial score (nSPS) is 12.2. The van der Waals surface area contributed by atoms with Crippen LogP contribution in [0.4, 0.5) is 0 Å². The third-order valence-electron chi connectivity index (χ3n) is 2.05. The molecule has 6 nitrogen and oxygen atoms in total. The number of H-pyrrole nitrogens is 1. The highest BCUT2D eigenvalue weighted by atomic mass is 16.4. The Morgan fingerprint density at radius 1 is 1.47 bits per heavy atom. The molecule has 0 radical (unpaired) electrons. The summed E-state index contributed by atoms with van der Waals surface area (Å²) in [5.74, 6) is 0.116. The van der Waals surface area contributed by atoms with E-state index < -0.39 is 5.97 Å². The summed E-state index contributed by atoms with van der Waals surface area (Å²) in [5.41, 5.74) is -0.112. The van der Waals surface area contributed by atoms with Gasteiger partial charge in [0.2, 0.25) is 0 Å². The number of hydrogen-bond acceptors (Lipinski definition) is 3. The first-order chi connectivity index (χ1) is 6.88. The van der Waals surface area contributed by atoms with Crippen molar-refractivity contribution in [1.29, 1.82) is 0 Å². The smallest absolute Gasteiger partial charge is 0.356 e. The number of hydrogen-bond donors (Lipinski definition) is 2. The SMILES string of the molecule is CC(C)(C)c1nc2nc(C(=O)O)cn2[nH]1. The zero-order chi connectivity index (χ0) is 11.2. The Morgan fingerprint density at radius 3 is 2.60 bits per heavy atom. The Kier molecular flexibility index (Phi) is 1.82. The van der Waals surface area contributed by atoms with Crippen molar-refractivity contribution in [3.05, 3.63) is 17.7 Å². The standard InChI is InChI=1S/C9H12N4O2/c1-9(2,3)7-11-8-10-5(6(14)15)4-13(8)12-7/h4H,1-3H3,(H,14,15)(H,10,11,12). The second-order valence-electron chi connectivity index (χ2n) is 4.42. The maximum atomic E-state index is 10.6. The van der Waals surface area contributed by atoms with Gasteiger partial charge in [-0.15, -0.1) is 0 Å². The van der Waals surface area contributed by atoms with Crippen molar-refractivity contribution >= 4 is 11.7 Å². The Bertz CT molecular complexity index is 486. The van der Waals surface area contributed by atoms with Crippen LogP contribution in [0.5, 0.6) is 0 Å². The molecular weight excluding hydrogens is 196 g/mol. The van der Waals surface area contributed by atoms with Gasteiger partial charge in [-0.1, -0.05) is 20.8 Å². The molecular formula is C9H12N4O2. The monoisotopic (exact) mass is 208 g/mol. The van der Waals surface area contributed by atoms with Gasteiger partial charge in [-0.05, 0) is 0 Å². The zero-order valence-corrected chi connectivity index (χ0v) is 8.77. The van der Waals surface area contributed by atoms with E-state index in [0.29, 0.717) is 5.78 Å². The average molecular weight is 208 g/mol. The predicted molar refractivity (Wildman–Crippen MR) is 53.0 cm³/mol. The number of fused-ring (bicyclic) bond motifs is 1. The number of aromatic carboxylic acids is 1. The molecule has 0 aromatic carbocycles. The number of carboxylic acid groups (broad SMARTS) is 1. The van der Waals surface area contributed by atoms with E-state index in [9.17, 15) is 4.79 Å². The fourth-order valence-electron chi connectivity index (χ4n) is 1.21. The summed E-state index contributed by atoms with van der Waals surface area (Å²) in [6, 6.07) is 0. The number of imidazole rings is 1. The van der Waals surface area contributed by atoms with Crippen LogP contribution in [0.3, 0.4) is 0 Å². The van der Waals surface area contributed by atoms with E-state index in [1.54, 1.807) is 0 Å². The van der Waals surface area contributed by atoms with Gasteiger partial charge >= 0.3 is 5.97 Å². The van der Waals surface area contributed by atoms with Crippen molar-refractivity contribution in [2.45, 2.75) is 26.2 Å². The van der Waals surface area contributed by atoms with Gasteiger partial charge in [-0.3, -0.25) is 5.10 Å². The lowest BCUT2D eigenvalue weighted by atomic mass is 9.96. The van der Waals surface area contributed by atoms with Crippen molar-refractivity contribution in [3.8, 4) is 0 Å². The molecule has 0 fully saturated rings. The molecule has 0 spiro atoms. The van der Waals surface area contributed by atoms with Crippen LogP contribution >= 0.6 is 0 Å². The summed E-state index contributed by atoms with van der Waals surface area (Å²) >= 11 is 0. The zero-order valence-electron chi connectivity index (χ0n) is 8.77. The van der Waals surface area contributed by atoms with Crippen LogP contribution < -0.4 is 0 Å². The van der Waals surface area contributed by atoms with E-state index in [1.807, 2.05) is 20.8 Å². The fourth-order valence-corrected chi connectivity index (χ4v) is 1.21. The van der Waals surface area contributed by atoms with Crippen molar-refractivity contribution in [3.63, 3.8) is 0 Å². The van der Waals surface area contributed by atoms with Crippen molar-refractivity contribution in [1.82, 2.24) is 19.6 Å². The van der Waals surface area contributed by atoms with Gasteiger partial charge in [0.15, 0.2) is 5.69 Å². The summed E-state index contributed by atoms with van der Waals surface area (Å²) in [4.78, 5) is 18.7. The number of aromatic amines is 1. The van der Waals surface area contributed by atoms with Gasteiger partial charge in [0, 0.05) is 5.41 Å². The van der Waals surface area contributed by atoms with Gasteiger partial charge in [0.1, 0.15) is 5.82 Å². The second kappa shape index (κ2) is 2.82. The lowest BCUT2D eigenvalue weighted by Crippen LogP contribution is -2.13. The van der Waals surface area contributed by atoms with Gasteiger partial charge < -0.3 is 5.11 Å². The van der Waals surface area contributed by atoms with Crippen molar-refractivity contribution in [2.75, 3.05) is 0 Å². The molecule has 2 aromatic heterocycles. The molecule has 0 bridgehead atoms. The molecule has 2 N–H and O–H groups in total. The number of nitrogens with zero attached hydrogens (tertiary/aromatic N) is 3. The van der Waals surface area contributed by atoms with Crippen LogP contribution in [0.25, 0.3) is 5.78 Å². The summed E-state index contributed by atoms with van der Waals surface area (Å²) < 4.78 is 1.52. The first-order valence-electron chi connectivity index (χ1n) is 4.57. The van der Waals surface area contributed by atoms with Crippen LogP contribution in [-0.4, -0.2) is 30.7 Å². The van der Waals surface area contributed by atoms with Gasteiger partial charge in [0.05, 0.1) is 6.20 Å². The maximum Gasteiger partial charge on any atom is 0.356 e. The quantitative estimate of drug-likeness (QED) is 0.733. The number of nitrogens with one attached hydrogen (secondary N) is 1. The molecule has 6 heteroatoms. The van der Waals surface area contributed by atoms with Crippen molar-refractivity contribution < 1.29 is 9.90 Å². The average Bonchev–Trinajstić information content (AvgIpc) is 2.55. The molecule has 0 unspecified atom stereocenters. The van der Waals surface area contributed by atoms with E-state index in [0.717, 1.165) is 5.82 Å². The molecule has 0 saturated heterocycles. The molecule has 15 heavy (non-hydrogen) atoms. The van der Waals surface area contributed by atoms with Crippen LogP contribution in [0.2, 0.25) is 0 Å². The Balaban J connectivity index is 2.52.